The number of ether oxygens (including phenoxy) is 3. The molecule has 0 spiro atoms. The molecule has 0 aliphatic carbocycles. The van der Waals surface area contributed by atoms with Gasteiger partial charge in [-0.15, -0.1) is 0 Å². The zero-order chi connectivity index (χ0) is 19.9. The molecule has 27 heavy (non-hydrogen) atoms. The van der Waals surface area contributed by atoms with E-state index < -0.39 is 32.2 Å². The third-order valence-corrected chi connectivity index (χ3v) is 5.34. The second-order valence-corrected chi connectivity index (χ2v) is 7.27. The van der Waals surface area contributed by atoms with Gasteiger partial charge in [-0.2, -0.15) is 0 Å². The fraction of sp³-hybridized carbons (Fsp3) is 0.611. The van der Waals surface area contributed by atoms with Crippen LogP contribution in [-0.4, -0.2) is 66.3 Å². The summed E-state index contributed by atoms with van der Waals surface area (Å²) in [4.78, 5) is 11.3. The van der Waals surface area contributed by atoms with Crippen molar-refractivity contribution in [2.75, 3.05) is 26.4 Å². The molecule has 1 saturated heterocycles. The van der Waals surface area contributed by atoms with Gasteiger partial charge in [-0.05, 0) is 31.9 Å². The number of nitrogens with one attached hydrogen (secondary N) is 1. The van der Waals surface area contributed by atoms with Crippen LogP contribution in [0.4, 0.5) is 0 Å². The van der Waals surface area contributed by atoms with Crippen molar-refractivity contribution in [3.63, 3.8) is 0 Å². The van der Waals surface area contributed by atoms with Gasteiger partial charge >= 0.3 is 19.8 Å². The summed E-state index contributed by atoms with van der Waals surface area (Å²) < 4.78 is 28.4. The summed E-state index contributed by atoms with van der Waals surface area (Å²) in [6, 6.07) is 6.69. The van der Waals surface area contributed by atoms with E-state index in [1.54, 1.807) is 38.1 Å². The highest BCUT2D eigenvalue weighted by Crippen LogP contribution is 2.34. The Hall–Kier alpha value is -1.41. The summed E-state index contributed by atoms with van der Waals surface area (Å²) in [5.41, 5.74) is 0.957. The predicted molar refractivity (Wildman–Crippen MR) is 99.6 cm³/mol. The van der Waals surface area contributed by atoms with Crippen molar-refractivity contribution in [1.82, 2.24) is 5.32 Å². The van der Waals surface area contributed by atoms with Crippen LogP contribution in [0.1, 0.15) is 29.8 Å². The zero-order valence-electron chi connectivity index (χ0n) is 15.5. The number of aliphatic hydroxyl groups is 1. The van der Waals surface area contributed by atoms with Gasteiger partial charge in [0.05, 0.1) is 12.2 Å². The Kier molecular flexibility index (Phi) is 8.28. The molecule has 1 aliphatic rings. The summed E-state index contributed by atoms with van der Waals surface area (Å²) in [6.07, 6.45) is -1.37. The summed E-state index contributed by atoms with van der Waals surface area (Å²) in [5, 5.41) is 21.6. The highest BCUT2D eigenvalue weighted by molar-refractivity contribution is 7.25. The lowest BCUT2D eigenvalue weighted by atomic mass is 9.99. The third-order valence-electron chi connectivity index (χ3n) is 4.45. The molecular weight excluding hydrogens is 373 g/mol. The SMILES string of the molecule is CCOC(OCC)C(O)([PH+]=O)[C@@H]1CN[C@H](Cc2ccccc2C(=O)O)CO1. The molecule has 4 atom stereocenters. The minimum absolute atomic E-state index is 0.126. The maximum absolute atomic E-state index is 11.8. The first kappa shape index (κ1) is 21.9. The third kappa shape index (κ3) is 5.31. The largest absolute Gasteiger partial charge is 0.478 e. The van der Waals surface area contributed by atoms with Gasteiger partial charge in [0.15, 0.2) is 0 Å². The van der Waals surface area contributed by atoms with Crippen LogP contribution in [-0.2, 0) is 25.2 Å². The molecule has 2 rings (SSSR count). The van der Waals surface area contributed by atoms with E-state index in [1.165, 1.54) is 0 Å². The van der Waals surface area contributed by atoms with Gasteiger partial charge in [-0.1, -0.05) is 22.8 Å². The average molecular weight is 400 g/mol. The molecule has 1 fully saturated rings. The summed E-state index contributed by atoms with van der Waals surface area (Å²) in [5.74, 6) is -0.974. The molecule has 0 aromatic heterocycles. The van der Waals surface area contributed by atoms with E-state index in [-0.39, 0.29) is 24.8 Å². The number of benzene rings is 1. The maximum atomic E-state index is 11.8. The van der Waals surface area contributed by atoms with Gasteiger partial charge < -0.3 is 29.7 Å². The molecule has 0 saturated carbocycles. The van der Waals surface area contributed by atoms with Crippen LogP contribution in [0.2, 0.25) is 0 Å². The van der Waals surface area contributed by atoms with Gasteiger partial charge in [0, 0.05) is 25.8 Å². The van der Waals surface area contributed by atoms with Gasteiger partial charge in [-0.25, -0.2) is 4.79 Å². The summed E-state index contributed by atoms with van der Waals surface area (Å²) in [7, 11) is -1.09. The van der Waals surface area contributed by atoms with Crippen molar-refractivity contribution in [2.45, 2.75) is 44.0 Å². The van der Waals surface area contributed by atoms with Crippen LogP contribution in [0.25, 0.3) is 0 Å². The van der Waals surface area contributed by atoms with Gasteiger partial charge in [0.1, 0.15) is 6.10 Å². The van der Waals surface area contributed by atoms with E-state index in [2.05, 4.69) is 5.32 Å². The highest BCUT2D eigenvalue weighted by atomic mass is 31.1. The first-order valence-electron chi connectivity index (χ1n) is 8.97. The van der Waals surface area contributed by atoms with Gasteiger partial charge in [0.25, 0.3) is 0 Å². The van der Waals surface area contributed by atoms with Gasteiger partial charge in [0.2, 0.25) is 6.29 Å². The number of aromatic carboxylic acids is 1. The number of morpholine rings is 1. The lowest BCUT2D eigenvalue weighted by Gasteiger charge is -2.36. The molecule has 0 bridgehead atoms. The van der Waals surface area contributed by atoms with Crippen LogP contribution in [0.15, 0.2) is 24.3 Å². The predicted octanol–water partition coefficient (Wildman–Crippen LogP) is 1.40. The molecule has 1 aliphatic heterocycles. The summed E-state index contributed by atoms with van der Waals surface area (Å²) in [6.45, 7) is 4.59. The molecule has 2 unspecified atom stereocenters. The fourth-order valence-electron chi connectivity index (χ4n) is 3.08. The number of carboxylic acid groups (broad SMARTS) is 1. The molecule has 9 heteroatoms. The Morgan fingerprint density at radius 2 is 2.04 bits per heavy atom. The first-order valence-corrected chi connectivity index (χ1v) is 9.88. The highest BCUT2D eigenvalue weighted by Gasteiger charge is 2.56. The Bertz CT molecular complexity index is 630. The summed E-state index contributed by atoms with van der Waals surface area (Å²) >= 11 is 0. The second-order valence-electron chi connectivity index (χ2n) is 6.26. The van der Waals surface area contributed by atoms with Crippen LogP contribution >= 0.6 is 8.46 Å². The second kappa shape index (κ2) is 10.2. The molecule has 8 nitrogen and oxygen atoms in total. The van der Waals surface area contributed by atoms with E-state index in [9.17, 15) is 19.6 Å². The standard InChI is InChI=1S/C18H26NO7P/c1-3-24-17(25-4-2)18(22,27-23)15-10-19-13(11-26-15)9-12-7-5-6-8-14(12)16(20)21/h5-8,13,15,17,19,22H,3-4,9-11H2,1-2H3,(H,20,21)/p+1/t13-,15+,18?/m1/s1. The number of hydrogen-bond donors (Lipinski definition) is 3. The van der Waals surface area contributed by atoms with Crippen LogP contribution in [0.3, 0.4) is 0 Å². The van der Waals surface area contributed by atoms with Crippen molar-refractivity contribution in [2.24, 2.45) is 0 Å². The van der Waals surface area contributed by atoms with E-state index in [0.29, 0.717) is 25.2 Å². The Labute approximate surface area is 160 Å². The molecule has 1 aromatic rings. The molecule has 1 aromatic carbocycles. The topological polar surface area (TPSA) is 114 Å². The van der Waals surface area contributed by atoms with E-state index in [1.807, 2.05) is 0 Å². The first-order chi connectivity index (χ1) is 13.0. The average Bonchev–Trinajstić information content (AvgIpc) is 2.68. The molecule has 3 N–H and O–H groups in total. The number of rotatable bonds is 10. The lowest BCUT2D eigenvalue weighted by molar-refractivity contribution is -0.238. The Balaban J connectivity index is 2.03. The maximum Gasteiger partial charge on any atom is 0.368 e. The smallest absolute Gasteiger partial charge is 0.368 e. The van der Waals surface area contributed by atoms with Crippen LogP contribution < -0.4 is 5.32 Å². The molecule has 0 radical (unpaired) electrons. The number of carbonyl (C=O) groups is 1. The number of hydrogen-bond acceptors (Lipinski definition) is 7. The zero-order valence-corrected chi connectivity index (χ0v) is 16.5. The van der Waals surface area contributed by atoms with Crippen LogP contribution in [0, 0.1) is 0 Å². The van der Waals surface area contributed by atoms with Crippen molar-refractivity contribution >= 4 is 14.4 Å². The minimum Gasteiger partial charge on any atom is -0.478 e. The van der Waals surface area contributed by atoms with Crippen molar-refractivity contribution in [3.05, 3.63) is 35.4 Å². The normalized spacial score (nSPS) is 22.7. The lowest BCUT2D eigenvalue weighted by Crippen LogP contribution is -2.60. The Morgan fingerprint density at radius 1 is 1.37 bits per heavy atom. The molecule has 0 amide bonds. The van der Waals surface area contributed by atoms with Crippen molar-refractivity contribution in [1.29, 1.82) is 0 Å². The quantitative estimate of drug-likeness (QED) is 0.399. The minimum atomic E-state index is -1.79. The van der Waals surface area contributed by atoms with E-state index >= 15 is 0 Å². The fourth-order valence-corrected chi connectivity index (χ4v) is 3.66. The van der Waals surface area contributed by atoms with E-state index in [0.717, 1.165) is 0 Å². The van der Waals surface area contributed by atoms with Crippen molar-refractivity contribution < 1.29 is 33.8 Å². The monoisotopic (exact) mass is 400 g/mol. The van der Waals surface area contributed by atoms with E-state index in [4.69, 9.17) is 14.2 Å². The van der Waals surface area contributed by atoms with Crippen LogP contribution in [0.5, 0.6) is 0 Å². The van der Waals surface area contributed by atoms with Gasteiger partial charge in [-0.3, -0.25) is 0 Å². The molecule has 150 valence electrons. The number of carboxylic acids is 1. The van der Waals surface area contributed by atoms with Crippen molar-refractivity contribution in [3.8, 4) is 0 Å². The molecular formula is C18H27NO7P+. The Morgan fingerprint density at radius 3 is 2.56 bits per heavy atom. The molecule has 1 heterocycles.